The minimum Gasteiger partial charge on any atom is -0.276 e. The van der Waals surface area contributed by atoms with Crippen molar-refractivity contribution in [1.82, 2.24) is 5.48 Å². The van der Waals surface area contributed by atoms with Crippen LogP contribution in [0.3, 0.4) is 0 Å². The van der Waals surface area contributed by atoms with E-state index in [2.05, 4.69) is 5.48 Å². The number of nitrogens with one attached hydrogen (secondary N) is 1. The lowest BCUT2D eigenvalue weighted by molar-refractivity contribution is 0.0658. The molecule has 42 valence electrons. The normalized spacial score (nSPS) is 17.1. The third kappa shape index (κ3) is 2.48. The zero-order valence-corrected chi connectivity index (χ0v) is 4.70. The zero-order chi connectivity index (χ0) is 4.24. The molecular weight excluding hydrogens is 114 g/mol. The monoisotopic (exact) mass is 121 g/mol. The highest BCUT2D eigenvalue weighted by Gasteiger charge is 1.84. The molecule has 1 heterocycles. The molecule has 2 nitrogen and oxygen atoms in total. The van der Waals surface area contributed by atoms with E-state index in [-0.39, 0.29) is 12.4 Å². The molecule has 0 atom stereocenters. The SMILES string of the molecule is C1=CNOCC1.Cl. The van der Waals surface area contributed by atoms with Crippen LogP contribution in [0.2, 0.25) is 0 Å². The average Bonchev–Trinajstić information content (AvgIpc) is 1.72. The Morgan fingerprint density at radius 1 is 1.57 bits per heavy atom. The molecule has 0 aromatic carbocycles. The zero-order valence-electron chi connectivity index (χ0n) is 3.89. The molecule has 0 unspecified atom stereocenters. The summed E-state index contributed by atoms with van der Waals surface area (Å²) in [6.07, 6.45) is 4.86. The summed E-state index contributed by atoms with van der Waals surface area (Å²) in [5.41, 5.74) is 2.60. The number of hydrogen-bond donors (Lipinski definition) is 1. The van der Waals surface area contributed by atoms with Crippen molar-refractivity contribution in [3.8, 4) is 0 Å². The predicted molar refractivity (Wildman–Crippen MR) is 30.1 cm³/mol. The fourth-order valence-corrected chi connectivity index (χ4v) is 0.365. The Labute approximate surface area is 48.9 Å². The Bertz CT molecular complexity index is 56.7. The van der Waals surface area contributed by atoms with E-state index in [1.165, 1.54) is 0 Å². The molecule has 0 radical (unpaired) electrons. The van der Waals surface area contributed by atoms with E-state index in [1.807, 2.05) is 6.08 Å². The number of rotatable bonds is 0. The van der Waals surface area contributed by atoms with Crippen LogP contribution in [0.5, 0.6) is 0 Å². The maximum Gasteiger partial charge on any atom is 0.0780 e. The van der Waals surface area contributed by atoms with Gasteiger partial charge in [-0.05, 0) is 6.42 Å². The second kappa shape index (κ2) is 3.96. The van der Waals surface area contributed by atoms with Crippen LogP contribution in [0.15, 0.2) is 12.3 Å². The maximum absolute atomic E-state index is 4.73. The van der Waals surface area contributed by atoms with Gasteiger partial charge in [-0.25, -0.2) is 0 Å². The van der Waals surface area contributed by atoms with Gasteiger partial charge in [0, 0.05) is 6.20 Å². The van der Waals surface area contributed by atoms with E-state index in [1.54, 1.807) is 6.20 Å². The van der Waals surface area contributed by atoms with Crippen LogP contribution >= 0.6 is 12.4 Å². The Balaban J connectivity index is 0.000000360. The molecule has 1 aliphatic rings. The second-order valence-corrected chi connectivity index (χ2v) is 1.16. The number of hydrogen-bond acceptors (Lipinski definition) is 2. The van der Waals surface area contributed by atoms with Crippen molar-refractivity contribution in [1.29, 1.82) is 0 Å². The molecule has 0 fully saturated rings. The molecule has 0 saturated carbocycles. The van der Waals surface area contributed by atoms with Gasteiger partial charge < -0.3 is 0 Å². The Kier molecular flexibility index (Phi) is 3.84. The molecule has 0 saturated heterocycles. The molecule has 1 aliphatic heterocycles. The first-order valence-corrected chi connectivity index (χ1v) is 2.02. The van der Waals surface area contributed by atoms with E-state index < -0.39 is 0 Å². The van der Waals surface area contributed by atoms with Crippen molar-refractivity contribution in [3.63, 3.8) is 0 Å². The largest absolute Gasteiger partial charge is 0.276 e. The van der Waals surface area contributed by atoms with Crippen LogP contribution in [0.1, 0.15) is 6.42 Å². The Morgan fingerprint density at radius 3 is 2.57 bits per heavy atom. The van der Waals surface area contributed by atoms with Crippen molar-refractivity contribution >= 4 is 12.4 Å². The molecule has 3 heteroatoms. The van der Waals surface area contributed by atoms with Gasteiger partial charge in [-0.1, -0.05) is 6.08 Å². The molecule has 0 aromatic heterocycles. The quantitative estimate of drug-likeness (QED) is 0.513. The van der Waals surface area contributed by atoms with Gasteiger partial charge in [0.05, 0.1) is 6.61 Å². The van der Waals surface area contributed by atoms with Crippen LogP contribution in [0, 0.1) is 0 Å². The predicted octanol–water partition coefficient (Wildman–Crippen LogP) is 0.847. The third-order valence-electron chi connectivity index (χ3n) is 0.656. The minimum absolute atomic E-state index is 0. The Morgan fingerprint density at radius 2 is 2.43 bits per heavy atom. The molecule has 0 amide bonds. The highest BCUT2D eigenvalue weighted by Crippen LogP contribution is 1.86. The van der Waals surface area contributed by atoms with Crippen LogP contribution < -0.4 is 5.48 Å². The number of halogens is 1. The summed E-state index contributed by atoms with van der Waals surface area (Å²) in [6.45, 7) is 0.802. The molecule has 0 spiro atoms. The lowest BCUT2D eigenvalue weighted by atomic mass is 10.4. The van der Waals surface area contributed by atoms with Gasteiger partial charge in [0.25, 0.3) is 0 Å². The van der Waals surface area contributed by atoms with Gasteiger partial charge in [-0.15, -0.1) is 12.4 Å². The summed E-state index contributed by atoms with van der Waals surface area (Å²) in [5.74, 6) is 0. The first kappa shape index (κ1) is 6.79. The van der Waals surface area contributed by atoms with Crippen molar-refractivity contribution in [2.45, 2.75) is 6.42 Å². The maximum atomic E-state index is 4.73. The van der Waals surface area contributed by atoms with Gasteiger partial charge in [0.15, 0.2) is 0 Å². The summed E-state index contributed by atoms with van der Waals surface area (Å²) < 4.78 is 0. The molecule has 0 aromatic rings. The van der Waals surface area contributed by atoms with Crippen molar-refractivity contribution in [2.75, 3.05) is 6.61 Å². The first-order chi connectivity index (χ1) is 3.00. The second-order valence-electron chi connectivity index (χ2n) is 1.16. The fraction of sp³-hybridized carbons (Fsp3) is 0.500. The van der Waals surface area contributed by atoms with Crippen LogP contribution in [-0.4, -0.2) is 6.61 Å². The molecule has 1 rings (SSSR count). The van der Waals surface area contributed by atoms with Crippen molar-refractivity contribution in [3.05, 3.63) is 12.3 Å². The van der Waals surface area contributed by atoms with Crippen molar-refractivity contribution < 1.29 is 4.84 Å². The van der Waals surface area contributed by atoms with Gasteiger partial charge in [-0.3, -0.25) is 10.3 Å². The topological polar surface area (TPSA) is 21.3 Å². The van der Waals surface area contributed by atoms with E-state index in [4.69, 9.17) is 4.84 Å². The van der Waals surface area contributed by atoms with Crippen molar-refractivity contribution in [2.24, 2.45) is 0 Å². The summed E-state index contributed by atoms with van der Waals surface area (Å²) in [5, 5.41) is 0. The van der Waals surface area contributed by atoms with Gasteiger partial charge >= 0.3 is 0 Å². The van der Waals surface area contributed by atoms with E-state index >= 15 is 0 Å². The summed E-state index contributed by atoms with van der Waals surface area (Å²) in [4.78, 5) is 4.73. The highest BCUT2D eigenvalue weighted by atomic mass is 35.5. The van der Waals surface area contributed by atoms with E-state index in [0.29, 0.717) is 0 Å². The van der Waals surface area contributed by atoms with Crippen LogP contribution in [0.25, 0.3) is 0 Å². The summed E-state index contributed by atoms with van der Waals surface area (Å²) in [7, 11) is 0. The van der Waals surface area contributed by atoms with Gasteiger partial charge in [0.2, 0.25) is 0 Å². The first-order valence-electron chi connectivity index (χ1n) is 2.02. The van der Waals surface area contributed by atoms with Crippen LogP contribution in [0.4, 0.5) is 0 Å². The van der Waals surface area contributed by atoms with E-state index in [9.17, 15) is 0 Å². The number of hydroxylamine groups is 1. The molecular formula is C4H8ClNO. The Hall–Kier alpha value is -0.210. The fourth-order valence-electron chi connectivity index (χ4n) is 0.365. The van der Waals surface area contributed by atoms with Gasteiger partial charge in [0.1, 0.15) is 0 Å². The van der Waals surface area contributed by atoms with Gasteiger partial charge in [-0.2, -0.15) is 0 Å². The van der Waals surface area contributed by atoms with Crippen LogP contribution in [-0.2, 0) is 4.84 Å². The summed E-state index contributed by atoms with van der Waals surface area (Å²) >= 11 is 0. The summed E-state index contributed by atoms with van der Waals surface area (Å²) in [6, 6.07) is 0. The average molecular weight is 122 g/mol. The molecule has 1 N–H and O–H groups in total. The third-order valence-corrected chi connectivity index (χ3v) is 0.656. The minimum atomic E-state index is 0. The molecule has 7 heavy (non-hydrogen) atoms. The standard InChI is InChI=1S/C4H7NO.ClH/c1-2-4-6-5-3-1;/h1,3,5H,2,4H2;1H. The molecule has 0 aliphatic carbocycles. The smallest absolute Gasteiger partial charge is 0.0780 e. The molecule has 0 bridgehead atoms. The lowest BCUT2D eigenvalue weighted by Gasteiger charge is -2.03. The highest BCUT2D eigenvalue weighted by molar-refractivity contribution is 5.85. The lowest BCUT2D eigenvalue weighted by Crippen LogP contribution is -2.10. The van der Waals surface area contributed by atoms with E-state index in [0.717, 1.165) is 13.0 Å².